The summed E-state index contributed by atoms with van der Waals surface area (Å²) < 4.78 is 22.7. The molecule has 0 aliphatic carbocycles. The Hall–Kier alpha value is -3.15. The lowest BCUT2D eigenvalue weighted by Gasteiger charge is -2.06. The highest BCUT2D eigenvalue weighted by Crippen LogP contribution is 2.11. The molecule has 0 saturated carbocycles. The van der Waals surface area contributed by atoms with Crippen molar-refractivity contribution in [3.05, 3.63) is 71.6 Å². The van der Waals surface area contributed by atoms with Crippen molar-refractivity contribution in [2.24, 2.45) is 0 Å². The molecule has 2 aromatic rings. The number of hydrogen-bond acceptors (Lipinski definition) is 4. The van der Waals surface area contributed by atoms with Crippen LogP contribution in [0.15, 0.2) is 54.6 Å². The molecular formula is C20H20FNO4. The highest BCUT2D eigenvalue weighted by Gasteiger charge is 2.05. The Balaban J connectivity index is 1.65. The molecule has 6 heteroatoms. The van der Waals surface area contributed by atoms with Crippen molar-refractivity contribution in [3.8, 4) is 5.75 Å². The van der Waals surface area contributed by atoms with Crippen LogP contribution in [0.1, 0.15) is 11.1 Å². The second kappa shape index (κ2) is 9.98. The zero-order valence-corrected chi connectivity index (χ0v) is 14.4. The van der Waals surface area contributed by atoms with Crippen LogP contribution in [0.2, 0.25) is 0 Å². The summed E-state index contributed by atoms with van der Waals surface area (Å²) in [4.78, 5) is 23.2. The molecule has 0 aromatic heterocycles. The largest absolute Gasteiger partial charge is 0.497 e. The fourth-order valence-corrected chi connectivity index (χ4v) is 2.11. The van der Waals surface area contributed by atoms with Crippen LogP contribution in [-0.4, -0.2) is 32.1 Å². The maximum atomic E-state index is 12.8. The van der Waals surface area contributed by atoms with Crippen molar-refractivity contribution in [1.82, 2.24) is 5.32 Å². The van der Waals surface area contributed by atoms with Crippen molar-refractivity contribution >= 4 is 18.0 Å². The van der Waals surface area contributed by atoms with Gasteiger partial charge in [0.15, 0.2) is 6.61 Å². The predicted molar refractivity (Wildman–Crippen MR) is 96.1 cm³/mol. The van der Waals surface area contributed by atoms with Gasteiger partial charge in [-0.1, -0.05) is 24.3 Å². The van der Waals surface area contributed by atoms with Crippen LogP contribution in [0.25, 0.3) is 6.08 Å². The van der Waals surface area contributed by atoms with E-state index in [1.54, 1.807) is 7.11 Å². The number of carbonyl (C=O) groups excluding carboxylic acids is 2. The molecule has 0 aliphatic rings. The first kappa shape index (κ1) is 19.2. The minimum Gasteiger partial charge on any atom is -0.497 e. The van der Waals surface area contributed by atoms with Gasteiger partial charge in [-0.15, -0.1) is 0 Å². The van der Waals surface area contributed by atoms with E-state index in [9.17, 15) is 14.0 Å². The van der Waals surface area contributed by atoms with Gasteiger partial charge in [0.2, 0.25) is 0 Å². The molecule has 0 heterocycles. The Morgan fingerprint density at radius 3 is 2.42 bits per heavy atom. The first-order valence-corrected chi connectivity index (χ1v) is 8.07. The van der Waals surface area contributed by atoms with E-state index < -0.39 is 5.97 Å². The topological polar surface area (TPSA) is 64.6 Å². The van der Waals surface area contributed by atoms with Gasteiger partial charge in [-0.2, -0.15) is 0 Å². The summed E-state index contributed by atoms with van der Waals surface area (Å²) in [6.07, 6.45) is 3.34. The monoisotopic (exact) mass is 357 g/mol. The number of carbonyl (C=O) groups is 2. The third kappa shape index (κ3) is 6.76. The van der Waals surface area contributed by atoms with Gasteiger partial charge >= 0.3 is 5.97 Å². The summed E-state index contributed by atoms with van der Waals surface area (Å²) >= 11 is 0. The lowest BCUT2D eigenvalue weighted by atomic mass is 10.1. The molecule has 0 bridgehead atoms. The summed E-state index contributed by atoms with van der Waals surface area (Å²) in [5.41, 5.74) is 1.72. The third-order valence-electron chi connectivity index (χ3n) is 3.52. The molecule has 0 fully saturated rings. The maximum Gasteiger partial charge on any atom is 0.331 e. The van der Waals surface area contributed by atoms with E-state index in [2.05, 4.69) is 5.32 Å². The number of hydrogen-bond donors (Lipinski definition) is 1. The Morgan fingerprint density at radius 1 is 1.08 bits per heavy atom. The number of methoxy groups -OCH3 is 1. The number of halogens is 1. The number of benzene rings is 2. The Kier molecular flexibility index (Phi) is 7.36. The lowest BCUT2D eigenvalue weighted by Crippen LogP contribution is -2.30. The molecule has 0 saturated heterocycles. The minimum atomic E-state index is -0.639. The molecule has 1 amide bonds. The number of esters is 1. The van der Waals surface area contributed by atoms with Gasteiger partial charge in [0.1, 0.15) is 11.6 Å². The summed E-state index contributed by atoms with van der Waals surface area (Å²) in [6.45, 7) is 0.0866. The highest BCUT2D eigenvalue weighted by atomic mass is 19.1. The van der Waals surface area contributed by atoms with Gasteiger partial charge < -0.3 is 14.8 Å². The molecule has 2 aromatic carbocycles. The molecule has 0 radical (unpaired) electrons. The molecule has 0 spiro atoms. The van der Waals surface area contributed by atoms with Gasteiger partial charge in [0, 0.05) is 12.6 Å². The summed E-state index contributed by atoms with van der Waals surface area (Å²) in [6, 6.07) is 13.2. The molecule has 2 rings (SSSR count). The molecule has 136 valence electrons. The predicted octanol–water partition coefficient (Wildman–Crippen LogP) is 2.75. The first-order valence-electron chi connectivity index (χ1n) is 8.07. The van der Waals surface area contributed by atoms with E-state index in [-0.39, 0.29) is 18.3 Å². The van der Waals surface area contributed by atoms with E-state index in [4.69, 9.17) is 9.47 Å². The summed E-state index contributed by atoms with van der Waals surface area (Å²) in [5, 5.41) is 2.68. The van der Waals surface area contributed by atoms with Crippen LogP contribution in [0, 0.1) is 5.82 Å². The van der Waals surface area contributed by atoms with Crippen molar-refractivity contribution in [3.63, 3.8) is 0 Å². The smallest absolute Gasteiger partial charge is 0.331 e. The fourth-order valence-electron chi connectivity index (χ4n) is 2.11. The SMILES string of the molecule is COc1ccc(CCNC(=O)COC(=O)/C=C/c2ccc(F)cc2)cc1. The quantitative estimate of drug-likeness (QED) is 0.583. The van der Waals surface area contributed by atoms with E-state index in [0.717, 1.165) is 11.3 Å². The van der Waals surface area contributed by atoms with Crippen molar-refractivity contribution < 1.29 is 23.5 Å². The molecule has 0 aliphatic heterocycles. The van der Waals surface area contributed by atoms with E-state index in [1.807, 2.05) is 24.3 Å². The zero-order chi connectivity index (χ0) is 18.8. The summed E-state index contributed by atoms with van der Waals surface area (Å²) in [7, 11) is 1.60. The van der Waals surface area contributed by atoms with Gasteiger partial charge in [-0.3, -0.25) is 4.79 Å². The maximum absolute atomic E-state index is 12.8. The van der Waals surface area contributed by atoms with Gasteiger partial charge in [-0.25, -0.2) is 9.18 Å². The van der Waals surface area contributed by atoms with Crippen LogP contribution in [0.5, 0.6) is 5.75 Å². The Bertz CT molecular complexity index is 754. The fraction of sp³-hybridized carbons (Fsp3) is 0.200. The highest BCUT2D eigenvalue weighted by molar-refractivity contribution is 5.89. The minimum absolute atomic E-state index is 0.351. The molecule has 0 unspecified atom stereocenters. The van der Waals surface area contributed by atoms with Crippen LogP contribution in [-0.2, 0) is 20.7 Å². The van der Waals surface area contributed by atoms with Crippen LogP contribution < -0.4 is 10.1 Å². The van der Waals surface area contributed by atoms with E-state index in [0.29, 0.717) is 18.5 Å². The van der Waals surface area contributed by atoms with Crippen molar-refractivity contribution in [2.75, 3.05) is 20.3 Å². The van der Waals surface area contributed by atoms with Crippen LogP contribution >= 0.6 is 0 Å². The Morgan fingerprint density at radius 2 is 1.77 bits per heavy atom. The van der Waals surface area contributed by atoms with Crippen molar-refractivity contribution in [1.29, 1.82) is 0 Å². The van der Waals surface area contributed by atoms with Gasteiger partial charge in [0.25, 0.3) is 5.91 Å². The number of nitrogens with one attached hydrogen (secondary N) is 1. The van der Waals surface area contributed by atoms with Gasteiger partial charge in [-0.05, 0) is 47.9 Å². The molecule has 0 atom stereocenters. The van der Waals surface area contributed by atoms with Crippen LogP contribution in [0.4, 0.5) is 4.39 Å². The van der Waals surface area contributed by atoms with E-state index in [1.165, 1.54) is 36.4 Å². The second-order valence-electron chi connectivity index (χ2n) is 5.44. The molecule has 1 N–H and O–H groups in total. The molecule has 26 heavy (non-hydrogen) atoms. The molecule has 5 nitrogen and oxygen atoms in total. The van der Waals surface area contributed by atoms with Crippen molar-refractivity contribution in [2.45, 2.75) is 6.42 Å². The van der Waals surface area contributed by atoms with E-state index >= 15 is 0 Å². The first-order chi connectivity index (χ1) is 12.6. The molecular weight excluding hydrogens is 337 g/mol. The third-order valence-corrected chi connectivity index (χ3v) is 3.52. The summed E-state index contributed by atoms with van der Waals surface area (Å²) in [5.74, 6) is -0.587. The van der Waals surface area contributed by atoms with Crippen LogP contribution in [0.3, 0.4) is 0 Å². The average Bonchev–Trinajstić information content (AvgIpc) is 2.66. The average molecular weight is 357 g/mol. The Labute approximate surface area is 151 Å². The second-order valence-corrected chi connectivity index (χ2v) is 5.44. The number of amides is 1. The zero-order valence-electron chi connectivity index (χ0n) is 14.4. The van der Waals surface area contributed by atoms with Gasteiger partial charge in [0.05, 0.1) is 7.11 Å². The number of rotatable bonds is 8. The normalized spacial score (nSPS) is 10.5. The standard InChI is InChI=1S/C20H20FNO4/c1-25-18-9-4-16(5-10-18)12-13-22-19(23)14-26-20(24)11-6-15-2-7-17(21)8-3-15/h2-11H,12-14H2,1H3,(H,22,23)/b11-6+. The number of ether oxygens (including phenoxy) is 2. The lowest BCUT2D eigenvalue weighted by molar-refractivity contribution is -0.143.